The largest absolute Gasteiger partial charge is 0.469 e. The number of nitrogens with one attached hydrogen (secondary N) is 1. The van der Waals surface area contributed by atoms with Crippen molar-refractivity contribution in [2.24, 2.45) is 17.8 Å². The zero-order chi connectivity index (χ0) is 16.7. The molecule has 2 bridgehead atoms. The Kier molecular flexibility index (Phi) is 3.63. The van der Waals surface area contributed by atoms with Gasteiger partial charge in [-0.2, -0.15) is 0 Å². The Morgan fingerprint density at radius 1 is 1.29 bits per heavy atom. The molecule has 0 unspecified atom stereocenters. The topological polar surface area (TPSA) is 94.6 Å². The molecule has 0 spiro atoms. The van der Waals surface area contributed by atoms with Gasteiger partial charge in [-0.25, -0.2) is 4.98 Å². The molecule has 7 nitrogen and oxygen atoms in total. The third-order valence-electron chi connectivity index (χ3n) is 5.21. The number of nitrogens with zero attached hydrogens (tertiary/aromatic N) is 1. The highest BCUT2D eigenvalue weighted by atomic mass is 16.5. The minimum absolute atomic E-state index is 0.163. The molecular weight excluding hydrogens is 312 g/mol. The number of hydrogen-bond acceptors (Lipinski definition) is 6. The molecule has 2 saturated carbocycles. The van der Waals surface area contributed by atoms with E-state index in [1.807, 2.05) is 0 Å². The van der Waals surface area contributed by atoms with Crippen LogP contribution in [0.5, 0.6) is 0 Å². The van der Waals surface area contributed by atoms with Crippen molar-refractivity contribution in [2.45, 2.75) is 25.3 Å². The minimum Gasteiger partial charge on any atom is -0.469 e. The number of ether oxygens (including phenoxy) is 1. The monoisotopic (exact) mass is 330 g/mol. The number of hydrogen-bond donors (Lipinski definition) is 1. The highest BCUT2D eigenvalue weighted by molar-refractivity contribution is 5.97. The van der Waals surface area contributed by atoms with Crippen LogP contribution in [0.15, 0.2) is 33.6 Å². The molecule has 4 atom stereocenters. The van der Waals surface area contributed by atoms with Gasteiger partial charge in [0.1, 0.15) is 0 Å². The van der Waals surface area contributed by atoms with Gasteiger partial charge in [-0.3, -0.25) is 9.59 Å². The van der Waals surface area contributed by atoms with Crippen molar-refractivity contribution in [3.8, 4) is 11.5 Å². The summed E-state index contributed by atoms with van der Waals surface area (Å²) in [6.45, 7) is 0. The van der Waals surface area contributed by atoms with Gasteiger partial charge in [-0.1, -0.05) is 0 Å². The van der Waals surface area contributed by atoms with Gasteiger partial charge in [0.15, 0.2) is 17.8 Å². The van der Waals surface area contributed by atoms with Gasteiger partial charge in [0, 0.05) is 6.04 Å². The van der Waals surface area contributed by atoms with Gasteiger partial charge in [0.2, 0.25) is 5.76 Å². The van der Waals surface area contributed by atoms with Gasteiger partial charge < -0.3 is 18.9 Å². The summed E-state index contributed by atoms with van der Waals surface area (Å²) in [5, 5.41) is 2.98. The van der Waals surface area contributed by atoms with E-state index in [-0.39, 0.29) is 41.2 Å². The Hall–Kier alpha value is -2.57. The molecule has 24 heavy (non-hydrogen) atoms. The summed E-state index contributed by atoms with van der Waals surface area (Å²) in [7, 11) is 1.39. The minimum atomic E-state index is -0.360. The molecule has 0 saturated heterocycles. The first-order valence-corrected chi connectivity index (χ1v) is 8.05. The van der Waals surface area contributed by atoms with Crippen molar-refractivity contribution in [3.05, 3.63) is 30.5 Å². The van der Waals surface area contributed by atoms with Crippen LogP contribution in [0.3, 0.4) is 0 Å². The molecule has 1 amide bonds. The molecule has 2 aliphatic rings. The summed E-state index contributed by atoms with van der Waals surface area (Å²) in [4.78, 5) is 28.8. The standard InChI is InChI=1S/C17H18N2O5/c1-22-17(21)12-9-4-5-10(7-9)13(12)19-16(20)14-15(24-8-18-14)11-3-2-6-23-11/h2-3,6,8-10,12-13H,4-5,7H2,1H3,(H,19,20)/t9-,10-,12+,13-/m0/s1. The number of esters is 1. The molecule has 4 rings (SSSR count). The molecule has 126 valence electrons. The molecule has 2 aromatic heterocycles. The molecule has 0 radical (unpaired) electrons. The van der Waals surface area contributed by atoms with E-state index >= 15 is 0 Å². The molecule has 2 aliphatic carbocycles. The third kappa shape index (κ3) is 2.31. The summed E-state index contributed by atoms with van der Waals surface area (Å²) in [6, 6.07) is 3.19. The predicted molar refractivity (Wildman–Crippen MR) is 81.8 cm³/mol. The number of methoxy groups -OCH3 is 1. The first-order chi connectivity index (χ1) is 11.7. The van der Waals surface area contributed by atoms with E-state index in [1.165, 1.54) is 19.8 Å². The number of furan rings is 1. The van der Waals surface area contributed by atoms with Crippen LogP contribution < -0.4 is 5.32 Å². The van der Waals surface area contributed by atoms with E-state index in [1.54, 1.807) is 12.1 Å². The maximum atomic E-state index is 12.7. The zero-order valence-corrected chi connectivity index (χ0v) is 13.2. The summed E-state index contributed by atoms with van der Waals surface area (Å²) in [5.41, 5.74) is 0.163. The third-order valence-corrected chi connectivity index (χ3v) is 5.21. The van der Waals surface area contributed by atoms with Gasteiger partial charge in [0.05, 0.1) is 19.3 Å². The number of carbonyl (C=O) groups excluding carboxylic acids is 2. The first kappa shape index (κ1) is 15.0. The maximum absolute atomic E-state index is 12.7. The average molecular weight is 330 g/mol. The Labute approximate surface area is 138 Å². The van der Waals surface area contributed by atoms with Crippen molar-refractivity contribution in [3.63, 3.8) is 0 Å². The Bertz CT molecular complexity index is 751. The van der Waals surface area contributed by atoms with E-state index in [9.17, 15) is 9.59 Å². The van der Waals surface area contributed by atoms with E-state index in [2.05, 4.69) is 10.3 Å². The molecule has 2 heterocycles. The second-order valence-electron chi connectivity index (χ2n) is 6.39. The summed E-state index contributed by atoms with van der Waals surface area (Å²) in [5.74, 6) is 0.430. The van der Waals surface area contributed by atoms with Crippen LogP contribution in [-0.2, 0) is 9.53 Å². The molecule has 2 fully saturated rings. The average Bonchev–Trinajstić information content (AvgIpc) is 3.36. The van der Waals surface area contributed by atoms with Crippen LogP contribution in [-0.4, -0.2) is 30.0 Å². The van der Waals surface area contributed by atoms with Gasteiger partial charge >= 0.3 is 5.97 Å². The van der Waals surface area contributed by atoms with Crippen LogP contribution in [0, 0.1) is 17.8 Å². The van der Waals surface area contributed by atoms with Crippen molar-refractivity contribution >= 4 is 11.9 Å². The lowest BCUT2D eigenvalue weighted by Gasteiger charge is -2.29. The van der Waals surface area contributed by atoms with E-state index < -0.39 is 0 Å². The van der Waals surface area contributed by atoms with Crippen LogP contribution in [0.4, 0.5) is 0 Å². The highest BCUT2D eigenvalue weighted by Gasteiger charge is 2.52. The summed E-state index contributed by atoms with van der Waals surface area (Å²) in [6.07, 6.45) is 5.70. The zero-order valence-electron chi connectivity index (χ0n) is 13.2. The number of fused-ring (bicyclic) bond motifs is 2. The lowest BCUT2D eigenvalue weighted by Crippen LogP contribution is -2.47. The Balaban J connectivity index is 1.56. The van der Waals surface area contributed by atoms with E-state index in [0.29, 0.717) is 11.7 Å². The molecular formula is C17H18N2O5. The second-order valence-corrected chi connectivity index (χ2v) is 6.39. The van der Waals surface area contributed by atoms with Crippen LogP contribution in [0.1, 0.15) is 29.8 Å². The quantitative estimate of drug-likeness (QED) is 0.864. The molecule has 0 aliphatic heterocycles. The van der Waals surface area contributed by atoms with E-state index in [0.717, 1.165) is 19.3 Å². The van der Waals surface area contributed by atoms with E-state index in [4.69, 9.17) is 13.6 Å². The maximum Gasteiger partial charge on any atom is 0.311 e. The second kappa shape index (κ2) is 5.81. The SMILES string of the molecule is COC(=O)[C@@H]1[C@H]2CC[C@@H](C2)[C@@H]1NC(=O)c1ncoc1-c1ccco1. The first-order valence-electron chi connectivity index (χ1n) is 8.05. The molecule has 0 aromatic carbocycles. The number of carbonyl (C=O) groups is 2. The fourth-order valence-electron chi connectivity index (χ4n) is 4.18. The smallest absolute Gasteiger partial charge is 0.311 e. The van der Waals surface area contributed by atoms with Crippen molar-refractivity contribution in [2.75, 3.05) is 7.11 Å². The Morgan fingerprint density at radius 2 is 2.12 bits per heavy atom. The lowest BCUT2D eigenvalue weighted by atomic mass is 9.84. The predicted octanol–water partition coefficient (Wildman–Crippen LogP) is 2.25. The number of aromatic nitrogens is 1. The molecule has 1 N–H and O–H groups in total. The number of amides is 1. The fourth-order valence-corrected chi connectivity index (χ4v) is 4.18. The Morgan fingerprint density at radius 3 is 2.88 bits per heavy atom. The fraction of sp³-hybridized carbons (Fsp3) is 0.471. The normalized spacial score (nSPS) is 28.0. The summed E-state index contributed by atoms with van der Waals surface area (Å²) >= 11 is 0. The van der Waals surface area contributed by atoms with Gasteiger partial charge in [-0.05, 0) is 43.2 Å². The molecule has 7 heteroatoms. The van der Waals surface area contributed by atoms with Crippen molar-refractivity contribution in [1.82, 2.24) is 10.3 Å². The number of oxazole rings is 1. The van der Waals surface area contributed by atoms with Gasteiger partial charge in [-0.15, -0.1) is 0 Å². The lowest BCUT2D eigenvalue weighted by molar-refractivity contribution is -0.148. The number of rotatable bonds is 4. The van der Waals surface area contributed by atoms with Crippen LogP contribution in [0.2, 0.25) is 0 Å². The van der Waals surface area contributed by atoms with Crippen LogP contribution >= 0.6 is 0 Å². The van der Waals surface area contributed by atoms with Crippen molar-refractivity contribution < 1.29 is 23.2 Å². The summed E-state index contributed by atoms with van der Waals surface area (Å²) < 4.78 is 15.5. The molecule has 2 aromatic rings. The van der Waals surface area contributed by atoms with Crippen LogP contribution in [0.25, 0.3) is 11.5 Å². The van der Waals surface area contributed by atoms with Crippen molar-refractivity contribution in [1.29, 1.82) is 0 Å². The highest BCUT2D eigenvalue weighted by Crippen LogP contribution is 2.49. The van der Waals surface area contributed by atoms with Gasteiger partial charge in [0.25, 0.3) is 5.91 Å².